The number of halogens is 1. The number of sulfone groups is 1. The molecule has 3 N–H and O–H groups in total. The summed E-state index contributed by atoms with van der Waals surface area (Å²) in [5.74, 6) is -0.00208. The monoisotopic (exact) mass is 384 g/mol. The van der Waals surface area contributed by atoms with Crippen LogP contribution in [-0.4, -0.2) is 20.5 Å². The average molecular weight is 385 g/mol. The molecule has 0 fully saturated rings. The third-order valence-corrected chi connectivity index (χ3v) is 5.40. The molecule has 0 aliphatic rings. The first-order valence-corrected chi connectivity index (χ1v) is 9.39. The van der Waals surface area contributed by atoms with Gasteiger partial charge in [0.05, 0.1) is 4.90 Å². The molecule has 0 saturated carbocycles. The van der Waals surface area contributed by atoms with Crippen LogP contribution in [0, 0.1) is 5.41 Å². The summed E-state index contributed by atoms with van der Waals surface area (Å²) >= 11 is 4.82. The number of hydrogen-bond donors (Lipinski definition) is 2. The number of nitrogens with two attached hydrogens (primary N) is 1. The number of amidine groups is 1. The van der Waals surface area contributed by atoms with Crippen LogP contribution in [0.15, 0.2) is 61.6 Å². The van der Waals surface area contributed by atoms with Crippen LogP contribution < -0.4 is 5.73 Å². The number of benzene rings is 2. The predicted molar refractivity (Wildman–Crippen MR) is 88.8 cm³/mol. The maximum atomic E-state index is 11.4. The first kappa shape index (κ1) is 16.1. The number of hydrogen-bond acceptors (Lipinski definition) is 4. The van der Waals surface area contributed by atoms with Crippen molar-refractivity contribution in [3.63, 3.8) is 0 Å². The normalized spacial score (nSPS) is 11.3. The lowest BCUT2D eigenvalue weighted by molar-refractivity contribution is 0.602. The molecule has 0 atom stereocenters. The van der Waals surface area contributed by atoms with E-state index < -0.39 is 9.84 Å². The highest BCUT2D eigenvalue weighted by molar-refractivity contribution is 9.10. The molecule has 0 heterocycles. The van der Waals surface area contributed by atoms with Crippen LogP contribution in [0.3, 0.4) is 0 Å². The van der Waals surface area contributed by atoms with Crippen molar-refractivity contribution in [1.82, 2.24) is 0 Å². The van der Waals surface area contributed by atoms with Gasteiger partial charge in [0.2, 0.25) is 0 Å². The van der Waals surface area contributed by atoms with Gasteiger partial charge in [-0.25, -0.2) is 8.42 Å². The minimum absolute atomic E-state index is 0.00208. The molecule has 0 saturated heterocycles. The molecule has 2 aromatic carbocycles. The van der Waals surface area contributed by atoms with Crippen molar-refractivity contribution in [1.29, 1.82) is 5.41 Å². The smallest absolute Gasteiger partial charge is 0.175 e. The summed E-state index contributed by atoms with van der Waals surface area (Å²) in [4.78, 5) is 2.00. The zero-order valence-electron chi connectivity index (χ0n) is 11.1. The second kappa shape index (κ2) is 6.21. The Morgan fingerprint density at radius 1 is 1.19 bits per heavy atom. The molecule has 21 heavy (non-hydrogen) atoms. The van der Waals surface area contributed by atoms with Gasteiger partial charge in [-0.3, -0.25) is 5.41 Å². The fourth-order valence-electron chi connectivity index (χ4n) is 1.68. The molecule has 0 aliphatic carbocycles. The summed E-state index contributed by atoms with van der Waals surface area (Å²) in [6, 6.07) is 12.1. The second-order valence-corrected chi connectivity index (χ2v) is 8.45. The summed E-state index contributed by atoms with van der Waals surface area (Å²) in [5.41, 5.74) is 6.22. The Morgan fingerprint density at radius 3 is 2.33 bits per heavy atom. The molecule has 4 nitrogen and oxygen atoms in total. The number of nitrogens with one attached hydrogen (secondary N) is 1. The molecule has 2 aromatic rings. The quantitative estimate of drug-likeness (QED) is 0.625. The first-order valence-electron chi connectivity index (χ1n) is 5.89. The molecule has 0 aromatic heterocycles. The van der Waals surface area contributed by atoms with Crippen LogP contribution >= 0.6 is 27.7 Å². The van der Waals surface area contributed by atoms with Crippen molar-refractivity contribution >= 4 is 43.4 Å². The summed E-state index contributed by atoms with van der Waals surface area (Å²) in [7, 11) is -3.19. The van der Waals surface area contributed by atoms with Crippen LogP contribution in [0.5, 0.6) is 0 Å². The van der Waals surface area contributed by atoms with Crippen molar-refractivity contribution < 1.29 is 8.42 Å². The Hall–Kier alpha value is -1.31. The maximum absolute atomic E-state index is 11.4. The fourth-order valence-corrected chi connectivity index (χ4v) is 3.83. The standard InChI is InChI=1S/C14H13BrN2O2S2/c1-21(18,19)11-5-3-10(4-6-11)20-13-8-9(15)2-7-12(13)14(16)17/h2-8H,1H3,(H3,16,17). The van der Waals surface area contributed by atoms with Crippen LogP contribution in [0.2, 0.25) is 0 Å². The van der Waals surface area contributed by atoms with Crippen molar-refractivity contribution in [2.24, 2.45) is 5.73 Å². The largest absolute Gasteiger partial charge is 0.384 e. The van der Waals surface area contributed by atoms with Gasteiger partial charge in [-0.1, -0.05) is 27.7 Å². The molecule has 0 amide bonds. The molecule has 110 valence electrons. The second-order valence-electron chi connectivity index (χ2n) is 4.40. The highest BCUT2D eigenvalue weighted by Crippen LogP contribution is 2.33. The summed E-state index contributed by atoms with van der Waals surface area (Å²) in [6.07, 6.45) is 1.18. The summed E-state index contributed by atoms with van der Waals surface area (Å²) in [5, 5.41) is 7.60. The van der Waals surface area contributed by atoms with Crippen LogP contribution in [0.1, 0.15) is 5.56 Å². The third kappa shape index (κ3) is 4.09. The van der Waals surface area contributed by atoms with E-state index in [2.05, 4.69) is 15.9 Å². The van der Waals surface area contributed by atoms with Gasteiger partial charge in [0.25, 0.3) is 0 Å². The van der Waals surface area contributed by atoms with E-state index in [9.17, 15) is 8.42 Å². The van der Waals surface area contributed by atoms with Gasteiger partial charge >= 0.3 is 0 Å². The van der Waals surface area contributed by atoms with E-state index in [1.807, 2.05) is 12.1 Å². The number of nitrogen functional groups attached to an aromatic ring is 1. The molecular formula is C14H13BrN2O2S2. The lowest BCUT2D eigenvalue weighted by atomic mass is 10.2. The zero-order chi connectivity index (χ0) is 15.6. The van der Waals surface area contributed by atoms with E-state index in [1.54, 1.807) is 30.3 Å². The minimum atomic E-state index is -3.19. The van der Waals surface area contributed by atoms with E-state index in [1.165, 1.54) is 18.0 Å². The fraction of sp³-hybridized carbons (Fsp3) is 0.0714. The van der Waals surface area contributed by atoms with Crippen molar-refractivity contribution in [2.45, 2.75) is 14.7 Å². The van der Waals surface area contributed by atoms with Gasteiger partial charge in [-0.15, -0.1) is 0 Å². The molecule has 0 bridgehead atoms. The summed E-state index contributed by atoms with van der Waals surface area (Å²) in [6.45, 7) is 0. The van der Waals surface area contributed by atoms with E-state index in [0.29, 0.717) is 5.56 Å². The molecule has 0 radical (unpaired) electrons. The van der Waals surface area contributed by atoms with Crippen molar-refractivity contribution in [3.05, 3.63) is 52.5 Å². The Morgan fingerprint density at radius 2 is 1.81 bits per heavy atom. The highest BCUT2D eigenvalue weighted by atomic mass is 79.9. The molecule has 7 heteroatoms. The zero-order valence-corrected chi connectivity index (χ0v) is 14.3. The van der Waals surface area contributed by atoms with Crippen LogP contribution in [0.25, 0.3) is 0 Å². The Balaban J connectivity index is 2.34. The molecule has 0 aliphatic heterocycles. The Kier molecular flexibility index (Phi) is 4.75. The van der Waals surface area contributed by atoms with E-state index in [0.717, 1.165) is 14.3 Å². The average Bonchev–Trinajstić information content (AvgIpc) is 2.38. The van der Waals surface area contributed by atoms with E-state index in [-0.39, 0.29) is 10.7 Å². The predicted octanol–water partition coefficient (Wildman–Crippen LogP) is 3.29. The lowest BCUT2D eigenvalue weighted by Gasteiger charge is -2.09. The SMILES string of the molecule is CS(=O)(=O)c1ccc(Sc2cc(Br)ccc2C(=N)N)cc1. The van der Waals surface area contributed by atoms with E-state index in [4.69, 9.17) is 11.1 Å². The Bertz CT molecular complexity index is 787. The minimum Gasteiger partial charge on any atom is -0.384 e. The van der Waals surface area contributed by atoms with Gasteiger partial charge in [0, 0.05) is 26.1 Å². The van der Waals surface area contributed by atoms with Gasteiger partial charge in [0.15, 0.2) is 9.84 Å². The van der Waals surface area contributed by atoms with Crippen LogP contribution in [0.4, 0.5) is 0 Å². The van der Waals surface area contributed by atoms with Gasteiger partial charge in [-0.05, 0) is 42.5 Å². The van der Waals surface area contributed by atoms with Crippen LogP contribution in [-0.2, 0) is 9.84 Å². The maximum Gasteiger partial charge on any atom is 0.175 e. The van der Waals surface area contributed by atoms with Gasteiger partial charge < -0.3 is 5.73 Å². The van der Waals surface area contributed by atoms with Crippen molar-refractivity contribution in [2.75, 3.05) is 6.26 Å². The molecule has 2 rings (SSSR count). The molecular weight excluding hydrogens is 372 g/mol. The lowest BCUT2D eigenvalue weighted by Crippen LogP contribution is -2.12. The molecule has 0 spiro atoms. The topological polar surface area (TPSA) is 84.0 Å². The van der Waals surface area contributed by atoms with E-state index >= 15 is 0 Å². The van der Waals surface area contributed by atoms with Gasteiger partial charge in [0.1, 0.15) is 5.84 Å². The third-order valence-electron chi connectivity index (χ3n) is 2.71. The Labute approximate surface area is 136 Å². The van der Waals surface area contributed by atoms with Crippen molar-refractivity contribution in [3.8, 4) is 0 Å². The number of rotatable bonds is 4. The summed E-state index contributed by atoms with van der Waals surface area (Å²) < 4.78 is 23.8. The van der Waals surface area contributed by atoms with Gasteiger partial charge in [-0.2, -0.15) is 0 Å². The highest BCUT2D eigenvalue weighted by Gasteiger charge is 2.10. The first-order chi connectivity index (χ1) is 9.77. The molecule has 0 unspecified atom stereocenters.